The second-order valence-corrected chi connectivity index (χ2v) is 5.28. The summed E-state index contributed by atoms with van der Waals surface area (Å²) in [5, 5.41) is 0.424. The van der Waals surface area contributed by atoms with E-state index in [0.29, 0.717) is 5.03 Å². The molecular formula is C6H6ClNO2S2. The molecule has 1 aromatic rings. The van der Waals surface area contributed by atoms with Crippen molar-refractivity contribution in [2.45, 2.75) is 9.92 Å². The van der Waals surface area contributed by atoms with Gasteiger partial charge in [0, 0.05) is 16.9 Å². The first-order valence-corrected chi connectivity index (χ1v) is 6.53. The number of hydrogen-bond donors (Lipinski definition) is 0. The summed E-state index contributed by atoms with van der Waals surface area (Å²) < 4.78 is 21.8. The number of nitrogens with zero attached hydrogens (tertiary/aromatic N) is 1. The average molecular weight is 224 g/mol. The van der Waals surface area contributed by atoms with Crippen LogP contribution in [-0.2, 0) is 9.05 Å². The van der Waals surface area contributed by atoms with Crippen molar-refractivity contribution in [3.05, 3.63) is 18.3 Å². The van der Waals surface area contributed by atoms with E-state index in [1.54, 1.807) is 6.26 Å². The summed E-state index contributed by atoms with van der Waals surface area (Å²) in [5.74, 6) is 0. The van der Waals surface area contributed by atoms with E-state index in [-0.39, 0.29) is 4.90 Å². The zero-order valence-corrected chi connectivity index (χ0v) is 8.58. The molecular weight excluding hydrogens is 218 g/mol. The number of hydrogen-bond acceptors (Lipinski definition) is 4. The van der Waals surface area contributed by atoms with E-state index in [1.165, 1.54) is 30.1 Å². The molecule has 0 saturated heterocycles. The van der Waals surface area contributed by atoms with Gasteiger partial charge >= 0.3 is 0 Å². The smallest absolute Gasteiger partial charge is 0.249 e. The molecule has 0 fully saturated rings. The maximum absolute atomic E-state index is 10.9. The molecule has 0 radical (unpaired) electrons. The van der Waals surface area contributed by atoms with Crippen LogP contribution in [-0.4, -0.2) is 19.7 Å². The highest BCUT2D eigenvalue weighted by molar-refractivity contribution is 8.14. The first kappa shape index (κ1) is 9.83. The molecule has 0 bridgehead atoms. The van der Waals surface area contributed by atoms with E-state index in [9.17, 15) is 8.42 Å². The van der Waals surface area contributed by atoms with Gasteiger partial charge in [-0.1, -0.05) is 0 Å². The molecule has 0 amide bonds. The molecule has 0 saturated carbocycles. The highest BCUT2D eigenvalue weighted by Gasteiger charge is 2.14. The van der Waals surface area contributed by atoms with E-state index in [4.69, 9.17) is 10.7 Å². The molecule has 0 atom stereocenters. The van der Waals surface area contributed by atoms with Crippen molar-refractivity contribution >= 4 is 31.5 Å². The first-order valence-electron chi connectivity index (χ1n) is 2.99. The summed E-state index contributed by atoms with van der Waals surface area (Å²) in [6.45, 7) is 0. The van der Waals surface area contributed by atoms with Gasteiger partial charge in [-0.2, -0.15) is 0 Å². The van der Waals surface area contributed by atoms with Crippen molar-refractivity contribution in [1.29, 1.82) is 0 Å². The van der Waals surface area contributed by atoms with Gasteiger partial charge in [-0.25, -0.2) is 13.4 Å². The molecule has 0 spiro atoms. The van der Waals surface area contributed by atoms with Crippen LogP contribution in [0.15, 0.2) is 28.3 Å². The number of thioether (sulfide) groups is 1. The minimum atomic E-state index is -3.66. The second-order valence-electron chi connectivity index (χ2n) is 1.95. The Morgan fingerprint density at radius 3 is 2.67 bits per heavy atom. The number of halogens is 1. The van der Waals surface area contributed by atoms with Gasteiger partial charge in [0.05, 0.1) is 0 Å². The highest BCUT2D eigenvalue weighted by atomic mass is 35.7. The summed E-state index contributed by atoms with van der Waals surface area (Å²) in [7, 11) is 1.50. The van der Waals surface area contributed by atoms with Crippen LogP contribution >= 0.6 is 22.4 Å². The van der Waals surface area contributed by atoms with Crippen molar-refractivity contribution in [1.82, 2.24) is 4.98 Å². The van der Waals surface area contributed by atoms with Crippen LogP contribution in [0, 0.1) is 0 Å². The Labute approximate surface area is 79.6 Å². The maximum Gasteiger partial charge on any atom is 0.263 e. The summed E-state index contributed by atoms with van der Waals surface area (Å²) >= 11 is 1.25. The molecule has 3 nitrogen and oxygen atoms in total. The first-order chi connectivity index (χ1) is 5.55. The van der Waals surface area contributed by atoms with Gasteiger partial charge in [-0.3, -0.25) is 0 Å². The molecule has 12 heavy (non-hydrogen) atoms. The van der Waals surface area contributed by atoms with E-state index < -0.39 is 9.05 Å². The third-order valence-corrected chi connectivity index (χ3v) is 3.39. The van der Waals surface area contributed by atoms with Gasteiger partial charge in [-0.05, 0) is 18.4 Å². The topological polar surface area (TPSA) is 47.0 Å². The molecule has 0 aliphatic heterocycles. The molecule has 0 aromatic carbocycles. The molecule has 1 heterocycles. The second kappa shape index (κ2) is 3.64. The lowest BCUT2D eigenvalue weighted by Gasteiger charge is -2.00. The molecule has 1 rings (SSSR count). The maximum atomic E-state index is 10.9. The quantitative estimate of drug-likeness (QED) is 0.566. The summed E-state index contributed by atoms with van der Waals surface area (Å²) in [6.07, 6.45) is 3.27. The fraction of sp³-hybridized carbons (Fsp3) is 0.167. The van der Waals surface area contributed by atoms with Crippen LogP contribution in [0.25, 0.3) is 0 Å². The fourth-order valence-electron chi connectivity index (χ4n) is 0.715. The monoisotopic (exact) mass is 223 g/mol. The molecule has 0 aliphatic rings. The van der Waals surface area contributed by atoms with Crippen LogP contribution in [0.2, 0.25) is 0 Å². The van der Waals surface area contributed by atoms with Crippen LogP contribution in [0.1, 0.15) is 0 Å². The SMILES string of the molecule is CSc1ncccc1S(=O)(=O)Cl. The Balaban J connectivity index is 3.33. The van der Waals surface area contributed by atoms with E-state index in [2.05, 4.69) is 4.98 Å². The molecule has 0 unspecified atom stereocenters. The van der Waals surface area contributed by atoms with Crippen molar-refractivity contribution in [3.8, 4) is 0 Å². The van der Waals surface area contributed by atoms with Crippen molar-refractivity contribution in [2.75, 3.05) is 6.26 Å². The lowest BCUT2D eigenvalue weighted by molar-refractivity contribution is 0.606. The highest BCUT2D eigenvalue weighted by Crippen LogP contribution is 2.24. The normalized spacial score (nSPS) is 11.5. The largest absolute Gasteiger partial charge is 0.263 e. The minimum absolute atomic E-state index is 0.0687. The standard InChI is InChI=1S/C6H6ClNO2S2/c1-11-6-5(12(7,9)10)3-2-4-8-6/h2-4H,1H3. The summed E-state index contributed by atoms with van der Waals surface area (Å²) in [5.41, 5.74) is 0. The third-order valence-electron chi connectivity index (χ3n) is 1.19. The zero-order chi connectivity index (χ0) is 9.19. The van der Waals surface area contributed by atoms with Crippen molar-refractivity contribution < 1.29 is 8.42 Å². The van der Waals surface area contributed by atoms with Gasteiger partial charge in [0.25, 0.3) is 9.05 Å². The van der Waals surface area contributed by atoms with Gasteiger partial charge in [0.15, 0.2) is 0 Å². The predicted octanol–water partition coefficient (Wildman–Crippen LogP) is 1.73. The van der Waals surface area contributed by atoms with Gasteiger partial charge in [0.2, 0.25) is 0 Å². The summed E-state index contributed by atoms with van der Waals surface area (Å²) in [4.78, 5) is 3.93. The number of pyridine rings is 1. The van der Waals surface area contributed by atoms with Gasteiger partial charge in [0.1, 0.15) is 9.92 Å². The lowest BCUT2D eigenvalue weighted by atomic mass is 10.5. The Morgan fingerprint density at radius 2 is 2.25 bits per heavy atom. The van der Waals surface area contributed by atoms with Crippen molar-refractivity contribution in [3.63, 3.8) is 0 Å². The van der Waals surface area contributed by atoms with Gasteiger partial charge in [-0.15, -0.1) is 11.8 Å². The Morgan fingerprint density at radius 1 is 1.58 bits per heavy atom. The average Bonchev–Trinajstić information content (AvgIpc) is 2.03. The minimum Gasteiger partial charge on any atom is -0.249 e. The number of rotatable bonds is 2. The Kier molecular flexibility index (Phi) is 2.98. The predicted molar refractivity (Wildman–Crippen MR) is 49.1 cm³/mol. The van der Waals surface area contributed by atoms with E-state index in [1.807, 2.05) is 0 Å². The molecule has 0 N–H and O–H groups in total. The Hall–Kier alpha value is -0.260. The summed E-state index contributed by atoms with van der Waals surface area (Å²) in [6, 6.07) is 2.97. The van der Waals surface area contributed by atoms with E-state index in [0.717, 1.165) is 0 Å². The Bertz CT molecular complexity index is 377. The molecule has 6 heteroatoms. The fourth-order valence-corrected chi connectivity index (χ4v) is 2.74. The number of aromatic nitrogens is 1. The van der Waals surface area contributed by atoms with Gasteiger partial charge < -0.3 is 0 Å². The molecule has 0 aliphatic carbocycles. The molecule has 1 aromatic heterocycles. The van der Waals surface area contributed by atoms with Crippen molar-refractivity contribution in [2.24, 2.45) is 0 Å². The van der Waals surface area contributed by atoms with Crippen LogP contribution in [0.3, 0.4) is 0 Å². The van der Waals surface area contributed by atoms with E-state index >= 15 is 0 Å². The van der Waals surface area contributed by atoms with Crippen LogP contribution < -0.4 is 0 Å². The molecule has 66 valence electrons. The zero-order valence-electron chi connectivity index (χ0n) is 6.19. The van der Waals surface area contributed by atoms with Crippen LogP contribution in [0.5, 0.6) is 0 Å². The lowest BCUT2D eigenvalue weighted by Crippen LogP contribution is -1.94. The third kappa shape index (κ3) is 2.12. The van der Waals surface area contributed by atoms with Crippen LogP contribution in [0.4, 0.5) is 0 Å².